The molecule has 0 radical (unpaired) electrons. The maximum atomic E-state index is 12.3. The van der Waals surface area contributed by atoms with Gasteiger partial charge in [-0.25, -0.2) is 0 Å². The molecule has 0 aliphatic carbocycles. The van der Waals surface area contributed by atoms with E-state index in [4.69, 9.17) is 4.74 Å². The molecule has 0 saturated carbocycles. The first-order chi connectivity index (χ1) is 14.1. The molecule has 0 aliphatic heterocycles. The molecule has 0 rings (SSSR count). The quantitative estimate of drug-likeness (QED) is 0.149. The molecule has 170 valence electrons. The van der Waals surface area contributed by atoms with Crippen LogP contribution in [-0.4, -0.2) is 25.5 Å². The summed E-state index contributed by atoms with van der Waals surface area (Å²) in [5.74, 6) is -0.352. The third-order valence-corrected chi connectivity index (χ3v) is 5.63. The van der Waals surface area contributed by atoms with Crippen molar-refractivity contribution in [1.82, 2.24) is 5.32 Å². The standard InChI is InChI=1S/C25H47NO3/c1-5-8-10-11-12-13-14-15-16-17-19-23(25(28)29-4)20-24(27)26-21-22(7-3)18-9-6-2/h17,19,22-23H,5-16,18,20-21H2,1-4H3,(H,26,27)/b19-17+. The number of esters is 1. The molecule has 29 heavy (non-hydrogen) atoms. The van der Waals surface area contributed by atoms with E-state index in [-0.39, 0.29) is 18.3 Å². The van der Waals surface area contributed by atoms with E-state index in [1.165, 1.54) is 64.9 Å². The zero-order chi connectivity index (χ0) is 21.7. The molecular formula is C25H47NO3. The molecule has 0 heterocycles. The minimum absolute atomic E-state index is 0.0629. The van der Waals surface area contributed by atoms with Gasteiger partial charge in [-0.1, -0.05) is 97.1 Å². The van der Waals surface area contributed by atoms with Crippen LogP contribution in [0.1, 0.15) is 111 Å². The summed E-state index contributed by atoms with van der Waals surface area (Å²) in [6.45, 7) is 7.29. The van der Waals surface area contributed by atoms with Gasteiger partial charge in [-0.2, -0.15) is 0 Å². The van der Waals surface area contributed by atoms with Crippen LogP contribution in [0.25, 0.3) is 0 Å². The average Bonchev–Trinajstić information content (AvgIpc) is 2.73. The van der Waals surface area contributed by atoms with E-state index < -0.39 is 5.92 Å². The number of carbonyl (C=O) groups excluding carboxylic acids is 2. The highest BCUT2D eigenvalue weighted by atomic mass is 16.5. The summed E-state index contributed by atoms with van der Waals surface area (Å²) < 4.78 is 4.89. The van der Waals surface area contributed by atoms with Crippen molar-refractivity contribution in [3.8, 4) is 0 Å². The summed E-state index contributed by atoms with van der Waals surface area (Å²) in [4.78, 5) is 24.3. The predicted molar refractivity (Wildman–Crippen MR) is 123 cm³/mol. The lowest BCUT2D eigenvalue weighted by Crippen LogP contribution is -2.32. The first-order valence-corrected chi connectivity index (χ1v) is 12.1. The minimum Gasteiger partial charge on any atom is -0.469 e. The Labute approximate surface area is 180 Å². The van der Waals surface area contributed by atoms with E-state index in [0.717, 1.165) is 25.7 Å². The topological polar surface area (TPSA) is 55.4 Å². The largest absolute Gasteiger partial charge is 0.469 e. The Kier molecular flexibility index (Phi) is 19.1. The summed E-state index contributed by atoms with van der Waals surface area (Å²) in [5, 5.41) is 3.01. The number of hydrogen-bond donors (Lipinski definition) is 1. The van der Waals surface area contributed by atoms with Crippen molar-refractivity contribution < 1.29 is 14.3 Å². The van der Waals surface area contributed by atoms with Gasteiger partial charge in [0.05, 0.1) is 13.0 Å². The Morgan fingerprint density at radius 1 is 0.897 bits per heavy atom. The molecule has 0 aliphatic rings. The van der Waals surface area contributed by atoms with Crippen LogP contribution in [0, 0.1) is 11.8 Å². The summed E-state index contributed by atoms with van der Waals surface area (Å²) in [7, 11) is 1.39. The maximum Gasteiger partial charge on any atom is 0.313 e. The van der Waals surface area contributed by atoms with Crippen molar-refractivity contribution in [3.63, 3.8) is 0 Å². The number of carbonyl (C=O) groups is 2. The van der Waals surface area contributed by atoms with Crippen LogP contribution < -0.4 is 5.32 Å². The van der Waals surface area contributed by atoms with Gasteiger partial charge in [-0.05, 0) is 25.2 Å². The molecule has 2 atom stereocenters. The highest BCUT2D eigenvalue weighted by molar-refractivity contribution is 5.84. The number of unbranched alkanes of at least 4 members (excludes halogenated alkanes) is 9. The van der Waals surface area contributed by atoms with Crippen LogP contribution in [0.2, 0.25) is 0 Å². The van der Waals surface area contributed by atoms with E-state index in [9.17, 15) is 9.59 Å². The predicted octanol–water partition coefficient (Wildman–Crippen LogP) is 6.59. The fraction of sp³-hybridized carbons (Fsp3) is 0.840. The molecular weight excluding hydrogens is 362 g/mol. The first-order valence-electron chi connectivity index (χ1n) is 12.1. The Bertz CT molecular complexity index is 434. The summed E-state index contributed by atoms with van der Waals surface area (Å²) in [6.07, 6.45) is 20.0. The highest BCUT2D eigenvalue weighted by Crippen LogP contribution is 2.14. The Hall–Kier alpha value is -1.32. The Morgan fingerprint density at radius 3 is 2.10 bits per heavy atom. The molecule has 0 saturated heterocycles. The van der Waals surface area contributed by atoms with Gasteiger partial charge in [-0.3, -0.25) is 9.59 Å². The van der Waals surface area contributed by atoms with Gasteiger partial charge >= 0.3 is 5.97 Å². The average molecular weight is 410 g/mol. The minimum atomic E-state index is -0.482. The second-order valence-corrected chi connectivity index (χ2v) is 8.25. The summed E-state index contributed by atoms with van der Waals surface area (Å²) in [6, 6.07) is 0. The van der Waals surface area contributed by atoms with Crippen LogP contribution in [0.4, 0.5) is 0 Å². The number of hydrogen-bond acceptors (Lipinski definition) is 3. The van der Waals surface area contributed by atoms with Crippen LogP contribution in [0.15, 0.2) is 12.2 Å². The molecule has 2 unspecified atom stereocenters. The van der Waals surface area contributed by atoms with Gasteiger partial charge in [0.25, 0.3) is 0 Å². The lowest BCUT2D eigenvalue weighted by molar-refractivity contribution is -0.145. The van der Waals surface area contributed by atoms with Crippen LogP contribution >= 0.6 is 0 Å². The van der Waals surface area contributed by atoms with E-state index >= 15 is 0 Å². The van der Waals surface area contributed by atoms with Crippen molar-refractivity contribution in [3.05, 3.63) is 12.2 Å². The van der Waals surface area contributed by atoms with Gasteiger partial charge in [-0.15, -0.1) is 0 Å². The number of allylic oxidation sites excluding steroid dienone is 1. The molecule has 4 heteroatoms. The smallest absolute Gasteiger partial charge is 0.313 e. The first kappa shape index (κ1) is 27.7. The number of ether oxygens (including phenoxy) is 1. The van der Waals surface area contributed by atoms with Crippen molar-refractivity contribution >= 4 is 11.9 Å². The van der Waals surface area contributed by atoms with E-state index in [1.54, 1.807) is 0 Å². The third kappa shape index (κ3) is 16.2. The van der Waals surface area contributed by atoms with Crippen molar-refractivity contribution in [2.45, 2.75) is 111 Å². The lowest BCUT2D eigenvalue weighted by Gasteiger charge is -2.16. The molecule has 1 amide bonds. The Morgan fingerprint density at radius 2 is 1.52 bits per heavy atom. The van der Waals surface area contributed by atoms with E-state index in [2.05, 4.69) is 26.1 Å². The fourth-order valence-corrected chi connectivity index (χ4v) is 3.51. The summed E-state index contributed by atoms with van der Waals surface area (Å²) in [5.41, 5.74) is 0. The molecule has 4 nitrogen and oxygen atoms in total. The molecule has 0 fully saturated rings. The van der Waals surface area contributed by atoms with E-state index in [1.807, 2.05) is 12.2 Å². The van der Waals surface area contributed by atoms with Crippen LogP contribution in [0.3, 0.4) is 0 Å². The summed E-state index contributed by atoms with van der Waals surface area (Å²) >= 11 is 0. The monoisotopic (exact) mass is 409 g/mol. The molecule has 0 bridgehead atoms. The van der Waals surface area contributed by atoms with Crippen LogP contribution in [0.5, 0.6) is 0 Å². The number of methoxy groups -OCH3 is 1. The number of nitrogens with one attached hydrogen (secondary N) is 1. The van der Waals surface area contributed by atoms with Gasteiger partial charge in [0.1, 0.15) is 0 Å². The lowest BCUT2D eigenvalue weighted by atomic mass is 9.99. The normalized spacial score (nSPS) is 13.4. The van der Waals surface area contributed by atoms with Crippen LogP contribution in [-0.2, 0) is 14.3 Å². The fourth-order valence-electron chi connectivity index (χ4n) is 3.51. The zero-order valence-corrected chi connectivity index (χ0v) is 19.6. The van der Waals surface area contributed by atoms with Gasteiger partial charge in [0.15, 0.2) is 0 Å². The Balaban J connectivity index is 4.16. The molecule has 0 aromatic carbocycles. The molecule has 0 aromatic rings. The third-order valence-electron chi connectivity index (χ3n) is 5.63. The van der Waals surface area contributed by atoms with Crippen molar-refractivity contribution in [2.24, 2.45) is 11.8 Å². The number of amides is 1. The van der Waals surface area contributed by atoms with Gasteiger partial charge < -0.3 is 10.1 Å². The van der Waals surface area contributed by atoms with Crippen molar-refractivity contribution in [1.29, 1.82) is 0 Å². The van der Waals surface area contributed by atoms with Crippen molar-refractivity contribution in [2.75, 3.05) is 13.7 Å². The van der Waals surface area contributed by atoms with Gasteiger partial charge in [0, 0.05) is 13.0 Å². The SMILES string of the molecule is CCCCCCCCCC/C=C/C(CC(=O)NCC(CC)CCCC)C(=O)OC. The molecule has 0 spiro atoms. The highest BCUT2D eigenvalue weighted by Gasteiger charge is 2.20. The second-order valence-electron chi connectivity index (χ2n) is 8.25. The zero-order valence-electron chi connectivity index (χ0n) is 19.6. The molecule has 1 N–H and O–H groups in total. The molecule has 0 aromatic heterocycles. The maximum absolute atomic E-state index is 12.3. The number of rotatable bonds is 19. The van der Waals surface area contributed by atoms with E-state index in [0.29, 0.717) is 12.5 Å². The second kappa shape index (κ2) is 20.0. The van der Waals surface area contributed by atoms with Gasteiger partial charge in [0.2, 0.25) is 5.91 Å².